The topological polar surface area (TPSA) is 82.0 Å². The number of nitrogens with one attached hydrogen (secondary N) is 2. The second kappa shape index (κ2) is 6.40. The van der Waals surface area contributed by atoms with Gasteiger partial charge in [-0.15, -0.1) is 0 Å². The van der Waals surface area contributed by atoms with Gasteiger partial charge >= 0.3 is 0 Å². The highest BCUT2D eigenvalue weighted by Gasteiger charge is 2.48. The molecule has 5 heteroatoms. The zero-order valence-corrected chi connectivity index (χ0v) is 12.2. The van der Waals surface area contributed by atoms with Crippen molar-refractivity contribution in [1.82, 2.24) is 5.32 Å². The van der Waals surface area contributed by atoms with Crippen LogP contribution in [-0.4, -0.2) is 17.9 Å². The third-order valence-electron chi connectivity index (χ3n) is 3.75. The Balaban J connectivity index is 1.85. The molecule has 0 heterocycles. The summed E-state index contributed by atoms with van der Waals surface area (Å²) in [6.07, 6.45) is 1.48. The largest absolute Gasteiger partial charge is 0.353 e. The number of amides is 2. The van der Waals surface area contributed by atoms with Crippen molar-refractivity contribution >= 4 is 17.5 Å². The van der Waals surface area contributed by atoms with Crippen LogP contribution in [-0.2, 0) is 9.59 Å². The molecule has 0 spiro atoms. The molecule has 110 valence electrons. The maximum atomic E-state index is 12.0. The molecular weight excluding hydrogens is 266 g/mol. The summed E-state index contributed by atoms with van der Waals surface area (Å²) in [4.78, 5) is 23.9. The molecule has 5 nitrogen and oxygen atoms in total. The zero-order valence-electron chi connectivity index (χ0n) is 12.2. The SMILES string of the molecule is CCC(C)NC(=O)C1CC1C(=O)Nc1ccc(C#N)cc1. The first-order chi connectivity index (χ1) is 10.0. The lowest BCUT2D eigenvalue weighted by atomic mass is 10.2. The lowest BCUT2D eigenvalue weighted by molar-refractivity contribution is -0.125. The number of anilines is 1. The van der Waals surface area contributed by atoms with Crippen molar-refractivity contribution in [3.63, 3.8) is 0 Å². The molecule has 1 fully saturated rings. The average molecular weight is 285 g/mol. The van der Waals surface area contributed by atoms with Crippen LogP contribution in [0.3, 0.4) is 0 Å². The van der Waals surface area contributed by atoms with E-state index in [2.05, 4.69) is 10.6 Å². The van der Waals surface area contributed by atoms with Crippen molar-refractivity contribution in [3.05, 3.63) is 29.8 Å². The van der Waals surface area contributed by atoms with Crippen LogP contribution >= 0.6 is 0 Å². The summed E-state index contributed by atoms with van der Waals surface area (Å²) in [6, 6.07) is 8.83. The van der Waals surface area contributed by atoms with Gasteiger partial charge in [0.25, 0.3) is 0 Å². The third kappa shape index (κ3) is 3.82. The molecule has 3 atom stereocenters. The fraction of sp³-hybridized carbons (Fsp3) is 0.438. The molecule has 0 radical (unpaired) electrons. The Morgan fingerprint density at radius 1 is 1.29 bits per heavy atom. The minimum absolute atomic E-state index is 0.0377. The second-order valence-electron chi connectivity index (χ2n) is 5.44. The monoisotopic (exact) mass is 285 g/mol. The number of hydrogen-bond donors (Lipinski definition) is 2. The fourth-order valence-electron chi connectivity index (χ4n) is 2.09. The first-order valence-electron chi connectivity index (χ1n) is 7.16. The number of carbonyl (C=O) groups excluding carboxylic acids is 2. The van der Waals surface area contributed by atoms with Crippen LogP contribution in [0.5, 0.6) is 0 Å². The van der Waals surface area contributed by atoms with Crippen LogP contribution < -0.4 is 10.6 Å². The van der Waals surface area contributed by atoms with Crippen molar-refractivity contribution < 1.29 is 9.59 Å². The second-order valence-corrected chi connectivity index (χ2v) is 5.44. The number of nitriles is 1. The summed E-state index contributed by atoms with van der Waals surface area (Å²) in [5.74, 6) is -0.629. The van der Waals surface area contributed by atoms with Gasteiger partial charge in [0.1, 0.15) is 0 Å². The van der Waals surface area contributed by atoms with Gasteiger partial charge in [-0.1, -0.05) is 6.92 Å². The molecule has 2 amide bonds. The van der Waals surface area contributed by atoms with Crippen LogP contribution in [0.15, 0.2) is 24.3 Å². The molecule has 0 aliphatic heterocycles. The summed E-state index contributed by atoms with van der Waals surface area (Å²) < 4.78 is 0. The van der Waals surface area contributed by atoms with Crippen molar-refractivity contribution in [1.29, 1.82) is 5.26 Å². The van der Waals surface area contributed by atoms with Gasteiger partial charge in [-0.25, -0.2) is 0 Å². The minimum atomic E-state index is -0.246. The lowest BCUT2D eigenvalue weighted by Gasteiger charge is -2.11. The Hall–Kier alpha value is -2.35. The van der Waals surface area contributed by atoms with E-state index < -0.39 is 0 Å². The first-order valence-corrected chi connectivity index (χ1v) is 7.16. The summed E-state index contributed by atoms with van der Waals surface area (Å²) in [6.45, 7) is 3.96. The number of benzene rings is 1. The van der Waals surface area contributed by atoms with Gasteiger partial charge in [0.2, 0.25) is 11.8 Å². The van der Waals surface area contributed by atoms with E-state index in [1.54, 1.807) is 24.3 Å². The number of nitrogens with zero attached hydrogens (tertiary/aromatic N) is 1. The number of rotatable bonds is 5. The van der Waals surface area contributed by atoms with Crippen molar-refractivity contribution in [2.45, 2.75) is 32.7 Å². The molecule has 3 unspecified atom stereocenters. The molecule has 0 aromatic heterocycles. The Kier molecular flexibility index (Phi) is 4.59. The van der Waals surface area contributed by atoms with Gasteiger partial charge in [-0.2, -0.15) is 5.26 Å². The van der Waals surface area contributed by atoms with Crippen LogP contribution in [0.25, 0.3) is 0 Å². The van der Waals surface area contributed by atoms with Crippen molar-refractivity contribution in [2.24, 2.45) is 11.8 Å². The predicted molar refractivity (Wildman–Crippen MR) is 79.3 cm³/mol. The Bertz CT molecular complexity index is 574. The molecular formula is C16H19N3O2. The molecule has 0 bridgehead atoms. The summed E-state index contributed by atoms with van der Waals surface area (Å²) in [5.41, 5.74) is 1.19. The summed E-state index contributed by atoms with van der Waals surface area (Å²) in [5, 5.41) is 14.4. The smallest absolute Gasteiger partial charge is 0.228 e. The van der Waals surface area contributed by atoms with Crippen LogP contribution in [0, 0.1) is 23.2 Å². The number of carbonyl (C=O) groups is 2. The maximum absolute atomic E-state index is 12.0. The molecule has 2 rings (SSSR count). The van der Waals surface area contributed by atoms with E-state index >= 15 is 0 Å². The van der Waals surface area contributed by atoms with E-state index in [0.717, 1.165) is 6.42 Å². The predicted octanol–water partition coefficient (Wildman–Crippen LogP) is 2.05. The average Bonchev–Trinajstić information content (AvgIpc) is 3.28. The number of hydrogen-bond acceptors (Lipinski definition) is 3. The van der Waals surface area contributed by atoms with Gasteiger partial charge in [0.15, 0.2) is 0 Å². The molecule has 1 aromatic rings. The van der Waals surface area contributed by atoms with E-state index in [9.17, 15) is 9.59 Å². The quantitative estimate of drug-likeness (QED) is 0.868. The fourth-order valence-corrected chi connectivity index (χ4v) is 2.09. The van der Waals surface area contributed by atoms with Crippen LogP contribution in [0.1, 0.15) is 32.3 Å². The molecule has 1 aromatic carbocycles. The van der Waals surface area contributed by atoms with E-state index in [-0.39, 0.29) is 29.7 Å². The minimum Gasteiger partial charge on any atom is -0.353 e. The zero-order chi connectivity index (χ0) is 15.4. The molecule has 1 aliphatic carbocycles. The lowest BCUT2D eigenvalue weighted by Crippen LogP contribution is -2.34. The van der Waals surface area contributed by atoms with E-state index in [0.29, 0.717) is 17.7 Å². The van der Waals surface area contributed by atoms with Crippen LogP contribution in [0.4, 0.5) is 5.69 Å². The van der Waals surface area contributed by atoms with Gasteiger partial charge in [-0.05, 0) is 44.0 Å². The Morgan fingerprint density at radius 2 is 1.90 bits per heavy atom. The highest BCUT2D eigenvalue weighted by atomic mass is 16.2. The van der Waals surface area contributed by atoms with Crippen molar-refractivity contribution in [3.8, 4) is 6.07 Å². The highest BCUT2D eigenvalue weighted by Crippen LogP contribution is 2.39. The Morgan fingerprint density at radius 3 is 2.48 bits per heavy atom. The molecule has 21 heavy (non-hydrogen) atoms. The molecule has 2 N–H and O–H groups in total. The van der Waals surface area contributed by atoms with E-state index in [1.807, 2.05) is 19.9 Å². The van der Waals surface area contributed by atoms with Crippen LogP contribution in [0.2, 0.25) is 0 Å². The summed E-state index contributed by atoms with van der Waals surface area (Å²) >= 11 is 0. The van der Waals surface area contributed by atoms with E-state index in [1.165, 1.54) is 0 Å². The molecule has 0 saturated heterocycles. The van der Waals surface area contributed by atoms with E-state index in [4.69, 9.17) is 5.26 Å². The Labute approximate surface area is 124 Å². The molecule has 1 saturated carbocycles. The van der Waals surface area contributed by atoms with Gasteiger partial charge in [0, 0.05) is 11.7 Å². The van der Waals surface area contributed by atoms with Gasteiger partial charge in [0.05, 0.1) is 23.5 Å². The van der Waals surface area contributed by atoms with Gasteiger partial charge < -0.3 is 10.6 Å². The van der Waals surface area contributed by atoms with Gasteiger partial charge in [-0.3, -0.25) is 9.59 Å². The highest BCUT2D eigenvalue weighted by molar-refractivity contribution is 5.99. The third-order valence-corrected chi connectivity index (χ3v) is 3.75. The molecule has 1 aliphatic rings. The normalized spacial score (nSPS) is 21.0. The first kappa shape index (κ1) is 15.0. The van der Waals surface area contributed by atoms with Crippen molar-refractivity contribution in [2.75, 3.05) is 5.32 Å². The summed E-state index contributed by atoms with van der Waals surface area (Å²) in [7, 11) is 0. The maximum Gasteiger partial charge on any atom is 0.228 e. The standard InChI is InChI=1S/C16H19N3O2/c1-3-10(2)18-15(20)13-8-14(13)16(21)19-12-6-4-11(9-17)5-7-12/h4-7,10,13-14H,3,8H2,1-2H3,(H,18,20)(H,19,21).